The molecule has 0 aromatic heterocycles. The van der Waals surface area contributed by atoms with Gasteiger partial charge >= 0.3 is 5.97 Å². The number of aliphatic carboxylic acids is 1. The van der Waals surface area contributed by atoms with Crippen LogP contribution < -0.4 is 16.8 Å². The van der Waals surface area contributed by atoms with Gasteiger partial charge in [0.05, 0.1) is 18.1 Å². The Labute approximate surface area is 136 Å². The van der Waals surface area contributed by atoms with Gasteiger partial charge in [-0.15, -0.1) is 0 Å². The summed E-state index contributed by atoms with van der Waals surface area (Å²) >= 11 is 0. The van der Waals surface area contributed by atoms with Gasteiger partial charge in [-0.1, -0.05) is 26.7 Å². The molecule has 8 heteroatoms. The molecular weight excluding hydrogens is 300 g/mol. The summed E-state index contributed by atoms with van der Waals surface area (Å²) in [5, 5.41) is 22.7. The van der Waals surface area contributed by atoms with Crippen LogP contribution in [0, 0.1) is 17.8 Å². The molecule has 1 rings (SSSR count). The zero-order chi connectivity index (χ0) is 17.7. The molecule has 23 heavy (non-hydrogen) atoms. The fourth-order valence-corrected chi connectivity index (χ4v) is 3.64. The minimum Gasteiger partial charge on any atom is -0.481 e. The third kappa shape index (κ3) is 4.57. The summed E-state index contributed by atoms with van der Waals surface area (Å²) in [6, 6.07) is -0.913. The fourth-order valence-electron chi connectivity index (χ4n) is 3.64. The summed E-state index contributed by atoms with van der Waals surface area (Å²) in [5.41, 5.74) is 10.9. The highest BCUT2D eigenvalue weighted by Crippen LogP contribution is 2.39. The number of carbonyl (C=O) groups is 2. The number of aliphatic hydroxyl groups is 1. The topological polar surface area (TPSA) is 151 Å². The number of nitrogens with two attached hydrogens (primary N) is 2. The Morgan fingerprint density at radius 1 is 1.30 bits per heavy atom. The predicted octanol–water partition coefficient (Wildman–Crippen LogP) is -0.349. The smallest absolute Gasteiger partial charge is 0.309 e. The van der Waals surface area contributed by atoms with Gasteiger partial charge in [-0.05, 0) is 12.3 Å². The lowest BCUT2D eigenvalue weighted by molar-refractivity contribution is -0.145. The lowest BCUT2D eigenvalue weighted by Crippen LogP contribution is -2.51. The van der Waals surface area contributed by atoms with Crippen LogP contribution in [0.5, 0.6) is 0 Å². The first-order valence-corrected chi connectivity index (χ1v) is 7.99. The molecule has 1 saturated carbocycles. The molecule has 1 aliphatic rings. The fraction of sp³-hybridized carbons (Fsp3) is 0.800. The van der Waals surface area contributed by atoms with Crippen LogP contribution in [-0.4, -0.2) is 46.2 Å². The molecular formula is C15H28N4O4. The standard InChI is InChI=1S/C15H28N4O4/c1-4-8(5-2)12(18-7(3)20)11-10(19-15(16)17)6-9(13(11)21)14(22)23/h8-13,21H,4-6H2,1-3H3,(H,18,20)(H,22,23)(H4,16,17,19)/t9-,10+,11+,12+,13-/m0/s1. The first kappa shape index (κ1) is 19.2. The Hall–Kier alpha value is -1.83. The molecule has 0 saturated heterocycles. The van der Waals surface area contributed by atoms with Crippen LogP contribution in [-0.2, 0) is 9.59 Å². The highest BCUT2D eigenvalue weighted by Gasteiger charge is 2.50. The molecule has 1 fully saturated rings. The second-order valence-corrected chi connectivity index (χ2v) is 6.17. The van der Waals surface area contributed by atoms with Gasteiger partial charge in [-0.3, -0.25) is 9.59 Å². The number of nitrogens with zero attached hydrogens (tertiary/aromatic N) is 1. The molecule has 0 heterocycles. The van der Waals surface area contributed by atoms with Crippen molar-refractivity contribution in [3.05, 3.63) is 0 Å². The van der Waals surface area contributed by atoms with Crippen LogP contribution in [0.2, 0.25) is 0 Å². The van der Waals surface area contributed by atoms with Crippen molar-refractivity contribution in [2.45, 2.75) is 58.2 Å². The highest BCUT2D eigenvalue weighted by molar-refractivity contribution is 5.76. The van der Waals surface area contributed by atoms with E-state index in [0.29, 0.717) is 0 Å². The summed E-state index contributed by atoms with van der Waals surface area (Å²) < 4.78 is 0. The monoisotopic (exact) mass is 328 g/mol. The van der Waals surface area contributed by atoms with E-state index in [1.807, 2.05) is 13.8 Å². The zero-order valence-electron chi connectivity index (χ0n) is 13.9. The Morgan fingerprint density at radius 3 is 2.26 bits per heavy atom. The lowest BCUT2D eigenvalue weighted by atomic mass is 9.80. The molecule has 0 aromatic rings. The maximum atomic E-state index is 11.6. The van der Waals surface area contributed by atoms with Gasteiger partial charge in [0.2, 0.25) is 5.91 Å². The van der Waals surface area contributed by atoms with Gasteiger partial charge in [0.15, 0.2) is 5.96 Å². The molecule has 0 unspecified atom stereocenters. The third-order valence-corrected chi connectivity index (χ3v) is 4.72. The molecule has 0 aromatic carbocycles. The number of carbonyl (C=O) groups excluding carboxylic acids is 1. The van der Waals surface area contributed by atoms with E-state index in [4.69, 9.17) is 11.5 Å². The van der Waals surface area contributed by atoms with Gasteiger partial charge < -0.3 is 27.0 Å². The molecule has 0 radical (unpaired) electrons. The summed E-state index contributed by atoms with van der Waals surface area (Å²) in [7, 11) is 0. The van der Waals surface area contributed by atoms with E-state index in [-0.39, 0.29) is 30.2 Å². The van der Waals surface area contributed by atoms with Crippen LogP contribution in [0.1, 0.15) is 40.0 Å². The summed E-state index contributed by atoms with van der Waals surface area (Å²) in [6.07, 6.45) is 0.612. The van der Waals surface area contributed by atoms with E-state index in [9.17, 15) is 19.8 Å². The van der Waals surface area contributed by atoms with E-state index in [0.717, 1.165) is 12.8 Å². The largest absolute Gasteiger partial charge is 0.481 e. The zero-order valence-corrected chi connectivity index (χ0v) is 13.9. The number of aliphatic hydroxyl groups excluding tert-OH is 1. The normalized spacial score (nSPS) is 28.4. The number of aliphatic imine (C=N–C) groups is 1. The Kier molecular flexibility index (Phi) is 6.80. The first-order chi connectivity index (χ1) is 10.7. The molecule has 0 aliphatic heterocycles. The van der Waals surface area contributed by atoms with E-state index in [1.165, 1.54) is 6.92 Å². The van der Waals surface area contributed by atoms with Gasteiger partial charge in [-0.2, -0.15) is 0 Å². The van der Waals surface area contributed by atoms with Gasteiger partial charge in [0, 0.05) is 18.9 Å². The third-order valence-electron chi connectivity index (χ3n) is 4.72. The SMILES string of the molecule is CCC(CC)[C@@H](NC(C)=O)[C@@H]1[C@@H](O)[C@@H](C(=O)O)C[C@H]1N=C(N)N. The average Bonchev–Trinajstić information content (AvgIpc) is 2.74. The summed E-state index contributed by atoms with van der Waals surface area (Å²) in [5.74, 6) is -2.84. The lowest BCUT2D eigenvalue weighted by Gasteiger charge is -2.35. The van der Waals surface area contributed by atoms with Crippen LogP contribution in [0.15, 0.2) is 4.99 Å². The minimum absolute atomic E-state index is 0.0998. The number of hydrogen-bond acceptors (Lipinski definition) is 4. The van der Waals surface area contributed by atoms with E-state index in [2.05, 4.69) is 10.3 Å². The Bertz CT molecular complexity index is 460. The average molecular weight is 328 g/mol. The van der Waals surface area contributed by atoms with E-state index >= 15 is 0 Å². The summed E-state index contributed by atoms with van der Waals surface area (Å²) in [4.78, 5) is 27.1. The van der Waals surface area contributed by atoms with Crippen LogP contribution in [0.4, 0.5) is 0 Å². The van der Waals surface area contributed by atoms with Crippen molar-refractivity contribution >= 4 is 17.8 Å². The van der Waals surface area contributed by atoms with Crippen LogP contribution in [0.3, 0.4) is 0 Å². The Balaban J connectivity index is 3.23. The highest BCUT2D eigenvalue weighted by atomic mass is 16.4. The van der Waals surface area contributed by atoms with Crippen molar-refractivity contribution < 1.29 is 19.8 Å². The van der Waals surface area contributed by atoms with Crippen LogP contribution in [0.25, 0.3) is 0 Å². The molecule has 5 atom stereocenters. The van der Waals surface area contributed by atoms with Gasteiger partial charge in [-0.25, -0.2) is 4.99 Å². The quantitative estimate of drug-likeness (QED) is 0.318. The van der Waals surface area contributed by atoms with Crippen molar-refractivity contribution in [3.63, 3.8) is 0 Å². The molecule has 1 amide bonds. The van der Waals surface area contributed by atoms with Gasteiger partial charge in [0.25, 0.3) is 0 Å². The summed E-state index contributed by atoms with van der Waals surface area (Å²) in [6.45, 7) is 5.39. The number of nitrogens with one attached hydrogen (secondary N) is 1. The molecule has 0 spiro atoms. The van der Waals surface area contributed by atoms with Gasteiger partial charge in [0.1, 0.15) is 0 Å². The van der Waals surface area contributed by atoms with Crippen molar-refractivity contribution in [2.24, 2.45) is 34.2 Å². The first-order valence-electron chi connectivity index (χ1n) is 7.99. The van der Waals surface area contributed by atoms with Crippen molar-refractivity contribution in [1.82, 2.24) is 5.32 Å². The van der Waals surface area contributed by atoms with Crippen LogP contribution >= 0.6 is 0 Å². The maximum Gasteiger partial charge on any atom is 0.309 e. The van der Waals surface area contributed by atoms with E-state index < -0.39 is 30.0 Å². The maximum absolute atomic E-state index is 11.6. The number of rotatable bonds is 7. The molecule has 7 N–H and O–H groups in total. The number of amides is 1. The number of guanidine groups is 1. The van der Waals surface area contributed by atoms with Crippen molar-refractivity contribution in [1.29, 1.82) is 0 Å². The second kappa shape index (κ2) is 8.14. The Morgan fingerprint density at radius 2 is 1.87 bits per heavy atom. The second-order valence-electron chi connectivity index (χ2n) is 6.17. The number of carboxylic acid groups (broad SMARTS) is 1. The molecule has 132 valence electrons. The predicted molar refractivity (Wildman–Crippen MR) is 86.5 cm³/mol. The van der Waals surface area contributed by atoms with Crippen molar-refractivity contribution in [2.75, 3.05) is 0 Å². The minimum atomic E-state index is -1.11. The van der Waals surface area contributed by atoms with E-state index in [1.54, 1.807) is 0 Å². The number of carboxylic acids is 1. The number of hydrogen-bond donors (Lipinski definition) is 5. The molecule has 8 nitrogen and oxygen atoms in total. The molecule has 1 aliphatic carbocycles. The molecule has 0 bridgehead atoms. The van der Waals surface area contributed by atoms with Crippen molar-refractivity contribution in [3.8, 4) is 0 Å².